The number of rotatable bonds is 2. The summed E-state index contributed by atoms with van der Waals surface area (Å²) in [6.45, 7) is 0. The molecule has 0 spiro atoms. The van der Waals surface area contributed by atoms with Gasteiger partial charge in [0.25, 0.3) is 0 Å². The molecule has 1 saturated carbocycles. The zero-order valence-electron chi connectivity index (χ0n) is 10.0. The minimum atomic E-state index is -0.441. The van der Waals surface area contributed by atoms with Crippen molar-refractivity contribution in [3.63, 3.8) is 0 Å². The van der Waals surface area contributed by atoms with Gasteiger partial charge in [-0.3, -0.25) is 0 Å². The SMILES string of the molecule is O=C(Nc1cccc(Cl)c1)N[C@@H]1CCCC[C@@H]1O. The normalized spacial score (nSPS) is 23.4. The van der Waals surface area contributed by atoms with E-state index in [2.05, 4.69) is 10.6 Å². The zero-order valence-corrected chi connectivity index (χ0v) is 10.8. The third-order valence-corrected chi connectivity index (χ3v) is 3.36. The van der Waals surface area contributed by atoms with Crippen LogP contribution in [0.15, 0.2) is 24.3 Å². The van der Waals surface area contributed by atoms with Gasteiger partial charge in [0.15, 0.2) is 0 Å². The lowest BCUT2D eigenvalue weighted by atomic mass is 9.93. The Morgan fingerprint density at radius 2 is 2.11 bits per heavy atom. The summed E-state index contributed by atoms with van der Waals surface area (Å²) in [5.41, 5.74) is 0.644. The summed E-state index contributed by atoms with van der Waals surface area (Å²) in [6.07, 6.45) is 3.20. The molecule has 0 bridgehead atoms. The second kappa shape index (κ2) is 6.07. The first-order valence-corrected chi connectivity index (χ1v) is 6.54. The van der Waals surface area contributed by atoms with Gasteiger partial charge in [-0.25, -0.2) is 4.79 Å². The quantitative estimate of drug-likeness (QED) is 0.772. The molecule has 0 unspecified atom stereocenters. The highest BCUT2D eigenvalue weighted by Crippen LogP contribution is 2.19. The van der Waals surface area contributed by atoms with Crippen molar-refractivity contribution in [2.45, 2.75) is 37.8 Å². The van der Waals surface area contributed by atoms with Gasteiger partial charge in [-0.1, -0.05) is 30.5 Å². The summed E-state index contributed by atoms with van der Waals surface area (Å²) in [7, 11) is 0. The number of urea groups is 1. The fourth-order valence-electron chi connectivity index (χ4n) is 2.18. The lowest BCUT2D eigenvalue weighted by Crippen LogP contribution is -2.46. The van der Waals surface area contributed by atoms with Gasteiger partial charge in [0.1, 0.15) is 0 Å². The Labute approximate surface area is 111 Å². The fourth-order valence-corrected chi connectivity index (χ4v) is 2.37. The molecule has 1 fully saturated rings. The number of carbonyl (C=O) groups is 1. The van der Waals surface area contributed by atoms with Crippen molar-refractivity contribution in [1.29, 1.82) is 0 Å². The van der Waals surface area contributed by atoms with E-state index in [1.165, 1.54) is 0 Å². The number of halogens is 1. The number of hydrogen-bond acceptors (Lipinski definition) is 2. The molecule has 98 valence electrons. The molecule has 2 rings (SSSR count). The first-order valence-electron chi connectivity index (χ1n) is 6.16. The van der Waals surface area contributed by atoms with Crippen LogP contribution in [0.4, 0.5) is 10.5 Å². The predicted octanol–water partition coefficient (Wildman–Crippen LogP) is 2.77. The molecule has 0 radical (unpaired) electrons. The Hall–Kier alpha value is -1.26. The lowest BCUT2D eigenvalue weighted by molar-refractivity contribution is 0.0955. The van der Waals surface area contributed by atoms with Crippen LogP contribution >= 0.6 is 11.6 Å². The van der Waals surface area contributed by atoms with Crippen LogP contribution in [0.3, 0.4) is 0 Å². The van der Waals surface area contributed by atoms with Gasteiger partial charge in [0, 0.05) is 10.7 Å². The first kappa shape index (κ1) is 13.2. The molecular weight excluding hydrogens is 252 g/mol. The standard InChI is InChI=1S/C13H17ClN2O2/c14-9-4-3-5-10(8-9)15-13(18)16-11-6-1-2-7-12(11)17/h3-5,8,11-12,17H,1-2,6-7H2,(H2,15,16,18)/t11-,12+/m1/s1. The molecule has 0 saturated heterocycles. The Bertz CT molecular complexity index is 425. The first-order chi connectivity index (χ1) is 8.65. The third kappa shape index (κ3) is 3.62. The van der Waals surface area contributed by atoms with Crippen molar-refractivity contribution < 1.29 is 9.90 Å². The highest BCUT2D eigenvalue weighted by Gasteiger charge is 2.24. The third-order valence-electron chi connectivity index (χ3n) is 3.13. The van der Waals surface area contributed by atoms with Gasteiger partial charge in [-0.2, -0.15) is 0 Å². The van der Waals surface area contributed by atoms with Crippen molar-refractivity contribution in [3.8, 4) is 0 Å². The largest absolute Gasteiger partial charge is 0.391 e. The molecule has 5 heteroatoms. The van der Waals surface area contributed by atoms with Crippen LogP contribution in [0.1, 0.15) is 25.7 Å². The van der Waals surface area contributed by atoms with E-state index in [-0.39, 0.29) is 12.1 Å². The predicted molar refractivity (Wildman–Crippen MR) is 71.9 cm³/mol. The number of amides is 2. The Kier molecular flexibility index (Phi) is 4.44. The van der Waals surface area contributed by atoms with Gasteiger partial charge in [0.05, 0.1) is 12.1 Å². The summed E-state index contributed by atoms with van der Waals surface area (Å²) >= 11 is 5.83. The molecule has 0 heterocycles. The number of carbonyl (C=O) groups excluding carboxylic acids is 1. The smallest absolute Gasteiger partial charge is 0.319 e. The van der Waals surface area contributed by atoms with E-state index in [9.17, 15) is 9.90 Å². The van der Waals surface area contributed by atoms with Crippen LogP contribution < -0.4 is 10.6 Å². The number of aliphatic hydroxyl groups is 1. The Balaban J connectivity index is 1.88. The monoisotopic (exact) mass is 268 g/mol. The van der Waals surface area contributed by atoms with Gasteiger partial charge in [0.2, 0.25) is 0 Å². The number of nitrogens with one attached hydrogen (secondary N) is 2. The maximum Gasteiger partial charge on any atom is 0.319 e. The lowest BCUT2D eigenvalue weighted by Gasteiger charge is -2.28. The van der Waals surface area contributed by atoms with Crippen LogP contribution in [-0.2, 0) is 0 Å². The molecule has 3 N–H and O–H groups in total. The van der Waals surface area contributed by atoms with E-state index in [1.807, 2.05) is 0 Å². The van der Waals surface area contributed by atoms with E-state index < -0.39 is 6.10 Å². The second-order valence-corrected chi connectivity index (χ2v) is 5.00. The van der Waals surface area contributed by atoms with Crippen LogP contribution in [0.25, 0.3) is 0 Å². The van der Waals surface area contributed by atoms with Crippen molar-refractivity contribution in [2.75, 3.05) is 5.32 Å². The van der Waals surface area contributed by atoms with Gasteiger partial charge >= 0.3 is 6.03 Å². The number of hydrogen-bond donors (Lipinski definition) is 3. The van der Waals surface area contributed by atoms with Crippen molar-refractivity contribution in [1.82, 2.24) is 5.32 Å². The average Bonchev–Trinajstić information content (AvgIpc) is 2.32. The average molecular weight is 269 g/mol. The van der Waals surface area contributed by atoms with E-state index in [0.29, 0.717) is 10.7 Å². The van der Waals surface area contributed by atoms with Crippen LogP contribution in [0, 0.1) is 0 Å². The summed E-state index contributed by atoms with van der Waals surface area (Å²) in [5.74, 6) is 0. The topological polar surface area (TPSA) is 61.4 Å². The number of aliphatic hydroxyl groups excluding tert-OH is 1. The molecule has 1 aromatic carbocycles. The summed E-state index contributed by atoms with van der Waals surface area (Å²) < 4.78 is 0. The molecular formula is C13H17ClN2O2. The summed E-state index contributed by atoms with van der Waals surface area (Å²) in [6, 6.07) is 6.51. The van der Waals surface area contributed by atoms with E-state index in [4.69, 9.17) is 11.6 Å². The minimum absolute atomic E-state index is 0.155. The molecule has 0 aliphatic heterocycles. The van der Waals surface area contributed by atoms with E-state index >= 15 is 0 Å². The Morgan fingerprint density at radius 1 is 1.33 bits per heavy atom. The highest BCUT2D eigenvalue weighted by atomic mass is 35.5. The van der Waals surface area contributed by atoms with Crippen molar-refractivity contribution >= 4 is 23.3 Å². The molecule has 1 aliphatic carbocycles. The van der Waals surface area contributed by atoms with Gasteiger partial charge in [-0.05, 0) is 31.0 Å². The Morgan fingerprint density at radius 3 is 2.83 bits per heavy atom. The van der Waals surface area contributed by atoms with Crippen LogP contribution in [0.5, 0.6) is 0 Å². The molecule has 2 atom stereocenters. The molecule has 0 aromatic heterocycles. The van der Waals surface area contributed by atoms with Gasteiger partial charge < -0.3 is 15.7 Å². The highest BCUT2D eigenvalue weighted by molar-refractivity contribution is 6.30. The van der Waals surface area contributed by atoms with Crippen LogP contribution in [0.2, 0.25) is 5.02 Å². The number of benzene rings is 1. The van der Waals surface area contributed by atoms with Crippen molar-refractivity contribution in [2.24, 2.45) is 0 Å². The molecule has 4 nitrogen and oxygen atoms in total. The van der Waals surface area contributed by atoms with E-state index in [0.717, 1.165) is 25.7 Å². The summed E-state index contributed by atoms with van der Waals surface area (Å²) in [5, 5.41) is 15.8. The van der Waals surface area contributed by atoms with Gasteiger partial charge in [-0.15, -0.1) is 0 Å². The maximum absolute atomic E-state index is 11.8. The minimum Gasteiger partial charge on any atom is -0.391 e. The summed E-state index contributed by atoms with van der Waals surface area (Å²) in [4.78, 5) is 11.8. The second-order valence-electron chi connectivity index (χ2n) is 4.57. The molecule has 2 amide bonds. The maximum atomic E-state index is 11.8. The van der Waals surface area contributed by atoms with Crippen molar-refractivity contribution in [3.05, 3.63) is 29.3 Å². The molecule has 18 heavy (non-hydrogen) atoms. The van der Waals surface area contributed by atoms with E-state index in [1.54, 1.807) is 24.3 Å². The fraction of sp³-hybridized carbons (Fsp3) is 0.462. The number of anilines is 1. The molecule has 1 aliphatic rings. The zero-order chi connectivity index (χ0) is 13.0. The molecule has 1 aromatic rings. The van der Waals surface area contributed by atoms with Crippen LogP contribution in [-0.4, -0.2) is 23.3 Å².